The van der Waals surface area contributed by atoms with E-state index in [-0.39, 0.29) is 148 Å². The molecule has 726 valence electrons. The second-order valence-corrected chi connectivity index (χ2v) is 43.2. The molecule has 0 bridgehead atoms. The van der Waals surface area contributed by atoms with Crippen LogP contribution in [0.5, 0.6) is 0 Å². The summed E-state index contributed by atoms with van der Waals surface area (Å²) in [7, 11) is 0. The fourth-order valence-electron chi connectivity index (χ4n) is 13.5. The summed E-state index contributed by atoms with van der Waals surface area (Å²) in [5.41, 5.74) is -16.3. The summed E-state index contributed by atoms with van der Waals surface area (Å²) in [6, 6.07) is 7.41. The normalized spacial score (nSPS) is 13.1. The van der Waals surface area contributed by atoms with Crippen LogP contribution in [0.4, 0.5) is 9.59 Å². The summed E-state index contributed by atoms with van der Waals surface area (Å²) in [5.74, 6) is -9.68. The van der Waals surface area contributed by atoms with Crippen LogP contribution in [0.25, 0.3) is 0 Å². The number of carbonyl (C=O) groups excluding carboxylic acids is 15. The topological polar surface area (TPSA) is 430 Å². The molecule has 32 nitrogen and oxygen atoms in total. The molecule has 0 fully saturated rings. The zero-order valence-corrected chi connectivity index (χ0v) is 82.6. The predicted octanol–water partition coefficient (Wildman–Crippen LogP) is 15.8. The fourth-order valence-corrected chi connectivity index (χ4v) is 13.5. The molecular formula is C95H160N6O26. The van der Waals surface area contributed by atoms with E-state index in [1.165, 1.54) is 0 Å². The maximum Gasteiger partial charge on any atom is 0.408 e. The van der Waals surface area contributed by atoms with Crippen LogP contribution in [0.15, 0.2) is 30.3 Å². The number of rotatable bonds is 49. The largest absolute Gasteiger partial charge is 0.460 e. The van der Waals surface area contributed by atoms with Crippen molar-refractivity contribution in [3.63, 3.8) is 0 Å². The molecule has 0 aromatic heterocycles. The van der Waals surface area contributed by atoms with Gasteiger partial charge in [-0.3, -0.25) is 62.3 Å². The van der Waals surface area contributed by atoms with Crippen molar-refractivity contribution in [1.82, 2.24) is 31.9 Å². The van der Waals surface area contributed by atoms with Crippen LogP contribution in [0.2, 0.25) is 0 Å². The van der Waals surface area contributed by atoms with E-state index in [4.69, 9.17) is 52.1 Å². The van der Waals surface area contributed by atoms with Gasteiger partial charge in [0.15, 0.2) is 0 Å². The summed E-state index contributed by atoms with van der Waals surface area (Å²) in [6.45, 7) is 49.7. The molecule has 1 aromatic carbocycles. The van der Waals surface area contributed by atoms with Crippen LogP contribution < -0.4 is 31.9 Å². The number of hydrogen-bond acceptors (Lipinski definition) is 26. The van der Waals surface area contributed by atoms with Gasteiger partial charge >= 0.3 is 65.9 Å². The average molecular weight is 1800 g/mol. The van der Waals surface area contributed by atoms with Crippen LogP contribution >= 0.6 is 0 Å². The highest BCUT2D eigenvalue weighted by Gasteiger charge is 2.44. The smallest absolute Gasteiger partial charge is 0.408 e. The number of carbonyl (C=O) groups is 15. The molecule has 0 aliphatic heterocycles. The molecule has 1 aromatic rings. The van der Waals surface area contributed by atoms with Gasteiger partial charge < -0.3 is 84.0 Å². The molecule has 0 saturated heterocycles. The number of alkyl carbamates (subject to hydrolysis) is 2. The fraction of sp³-hybridized carbons (Fsp3) is 0.779. The van der Waals surface area contributed by atoms with Crippen molar-refractivity contribution in [1.29, 1.82) is 0 Å². The van der Waals surface area contributed by atoms with Gasteiger partial charge in [-0.25, -0.2) is 9.59 Å². The number of unbranched alkanes of at least 4 members (excludes halogenated alkanes) is 1. The monoisotopic (exact) mass is 1800 g/mol. The summed E-state index contributed by atoms with van der Waals surface area (Å²) >= 11 is 0. The van der Waals surface area contributed by atoms with Crippen molar-refractivity contribution >= 4 is 89.5 Å². The molecule has 127 heavy (non-hydrogen) atoms. The third kappa shape index (κ3) is 58.9. The third-order valence-electron chi connectivity index (χ3n) is 18.6. The van der Waals surface area contributed by atoms with E-state index in [9.17, 15) is 52.7 Å². The Morgan fingerprint density at radius 1 is 0.260 bits per heavy atom. The zero-order chi connectivity index (χ0) is 97.9. The molecule has 0 aliphatic carbocycles. The van der Waals surface area contributed by atoms with Gasteiger partial charge in [-0.2, -0.15) is 0 Å². The highest BCUT2D eigenvalue weighted by atomic mass is 16.6. The van der Waals surface area contributed by atoms with Gasteiger partial charge in [-0.15, -0.1) is 0 Å². The van der Waals surface area contributed by atoms with E-state index >= 15 is 19.2 Å². The molecule has 0 aliphatic rings. The summed E-state index contributed by atoms with van der Waals surface area (Å²) in [4.78, 5) is 216. The van der Waals surface area contributed by atoms with Crippen molar-refractivity contribution in [2.24, 2.45) is 0 Å². The Hall–Kier alpha value is -9.13. The van der Waals surface area contributed by atoms with Crippen LogP contribution in [0, 0.1) is 0 Å². The Bertz CT molecular complexity index is 3230. The lowest BCUT2D eigenvalue weighted by molar-refractivity contribution is -0.158. The maximum absolute atomic E-state index is 16.1. The number of esters is 9. The number of nitrogens with one attached hydrogen (secondary N) is 6. The van der Waals surface area contributed by atoms with Gasteiger partial charge in [-0.1, -0.05) is 30.3 Å². The van der Waals surface area contributed by atoms with Crippen molar-refractivity contribution in [2.75, 3.05) is 6.54 Å². The Morgan fingerprint density at radius 3 is 0.693 bits per heavy atom. The first-order valence-electron chi connectivity index (χ1n) is 44.7. The van der Waals surface area contributed by atoms with E-state index in [2.05, 4.69) is 31.9 Å². The second-order valence-electron chi connectivity index (χ2n) is 43.2. The highest BCUT2D eigenvalue weighted by Crippen LogP contribution is 2.36. The number of hydrogen-bond donors (Lipinski definition) is 6. The molecule has 6 N–H and O–H groups in total. The summed E-state index contributed by atoms with van der Waals surface area (Å²) < 4.78 is 63.1. The van der Waals surface area contributed by atoms with Crippen LogP contribution in [-0.2, 0) is 121 Å². The van der Waals surface area contributed by atoms with Crippen LogP contribution in [-0.4, -0.2) is 180 Å². The lowest BCUT2D eigenvalue weighted by atomic mass is 9.80. The second kappa shape index (κ2) is 50.2. The number of ether oxygens (including phenoxy) is 11. The number of amides is 6. The average Bonchev–Trinajstić information content (AvgIpc) is 0.819. The minimum absolute atomic E-state index is 0.0239. The minimum atomic E-state index is -2.04. The van der Waals surface area contributed by atoms with Gasteiger partial charge in [0.25, 0.3) is 0 Å². The summed E-state index contributed by atoms with van der Waals surface area (Å²) in [5, 5.41) is 17.8. The molecular weight excluding hydrogens is 1640 g/mol. The molecule has 6 amide bonds. The van der Waals surface area contributed by atoms with Gasteiger partial charge in [0, 0.05) is 106 Å². The van der Waals surface area contributed by atoms with Crippen LogP contribution in [0.1, 0.15) is 387 Å². The van der Waals surface area contributed by atoms with Gasteiger partial charge in [-0.05, 0) is 310 Å². The van der Waals surface area contributed by atoms with E-state index in [0.717, 1.165) is 5.56 Å². The van der Waals surface area contributed by atoms with Gasteiger partial charge in [0.2, 0.25) is 23.6 Å². The highest BCUT2D eigenvalue weighted by molar-refractivity contribution is 5.87. The SMILES string of the molecule is CC(C)(C)OC(=O)CCC(CCC(=O)OC(C)(C)C)(CCC(=O)OC(C)(C)C)NC(=O)CCC(CCC(=O)NC(CCC(=O)OC(C)(C)C)(CCC(=O)OC(C)(C)C)CCC(=O)OC(C)(C)C)(CCC(=O)NC(CCC(=O)OC(C)(C)C)(CCC(=O)OC(C)(C)C)CCC(=O)OC(C)(C)C)NC(=O)[C@H](CCCCNC(=O)OCc1ccccc1)NC(=O)OC(C)(C)C. The quantitative estimate of drug-likeness (QED) is 0.0200. The lowest BCUT2D eigenvalue weighted by Crippen LogP contribution is -2.58. The molecule has 32 heteroatoms. The molecule has 0 heterocycles. The predicted molar refractivity (Wildman–Crippen MR) is 479 cm³/mol. The van der Waals surface area contributed by atoms with Gasteiger partial charge in [0.1, 0.15) is 68.7 Å². The first-order chi connectivity index (χ1) is 57.6. The lowest BCUT2D eigenvalue weighted by Gasteiger charge is -2.40. The van der Waals surface area contributed by atoms with Crippen molar-refractivity contribution < 1.29 is 124 Å². The van der Waals surface area contributed by atoms with E-state index in [1.807, 2.05) is 6.07 Å². The molecule has 1 atom stereocenters. The maximum atomic E-state index is 16.1. The standard InChI is InChI=1S/C95H160N6O26/c1-82(2,3)118-70(105)42-54-92(55-43-71(106)119-83(4,5)6,56-44-72(107)120-84(7,8)9)98-67(102)39-51-95(101-79(114)66(97-81(116)127-91(28,29)30)38-34-35-63-96-80(115)117-64-65-36-32-31-33-37-65,52-40-68(103)99-93(57-45-73(108)121-85(10,11)12,58-46-74(109)122-86(13,14)15)59-47-75(110)123-87(16,17)18)53-41-69(104)100-94(60-48-76(111)124-88(19,20)21,61-49-77(112)125-89(22,23)24)62-50-78(113)126-90(25,26)27/h31-33,36-37,66H,34-35,38-64H2,1-30H3,(H,96,115)(H,97,116)(H,98,102)(H,99,103)(H,100,104)(H,101,114)/t66-/m0/s1. The molecule has 1 rings (SSSR count). The van der Waals surface area contributed by atoms with E-state index < -0.39 is 212 Å². The summed E-state index contributed by atoms with van der Waals surface area (Å²) in [6.07, 6.45) is -10.6. The third-order valence-corrected chi connectivity index (χ3v) is 18.6. The Balaban J connectivity index is 5.11. The Labute approximate surface area is 756 Å². The van der Waals surface area contributed by atoms with E-state index in [0.29, 0.717) is 0 Å². The number of benzene rings is 1. The molecule has 0 unspecified atom stereocenters. The van der Waals surface area contributed by atoms with Crippen molar-refractivity contribution in [3.05, 3.63) is 35.9 Å². The minimum Gasteiger partial charge on any atom is -0.460 e. The first-order valence-corrected chi connectivity index (χ1v) is 44.7. The zero-order valence-electron chi connectivity index (χ0n) is 82.6. The molecule has 0 saturated carbocycles. The van der Waals surface area contributed by atoms with E-state index in [1.54, 1.807) is 232 Å². The van der Waals surface area contributed by atoms with Crippen molar-refractivity contribution in [2.45, 2.75) is 472 Å². The van der Waals surface area contributed by atoms with Crippen LogP contribution in [0.3, 0.4) is 0 Å². The molecule has 0 radical (unpaired) electrons. The Kier molecular flexibility index (Phi) is 45.8. The Morgan fingerprint density at radius 2 is 0.472 bits per heavy atom. The molecule has 0 spiro atoms. The van der Waals surface area contributed by atoms with Crippen molar-refractivity contribution in [3.8, 4) is 0 Å². The van der Waals surface area contributed by atoms with Gasteiger partial charge in [0.05, 0.1) is 0 Å². The first kappa shape index (κ1) is 116.